The van der Waals surface area contributed by atoms with Crippen molar-refractivity contribution in [3.05, 3.63) is 87.2 Å². The van der Waals surface area contributed by atoms with Crippen LogP contribution < -0.4 is 0 Å². The molecular formula is C43H51NO6. The molecule has 0 heterocycles. The van der Waals surface area contributed by atoms with Gasteiger partial charge in [-0.15, -0.1) is 0 Å². The Kier molecular flexibility index (Phi) is 8.94. The van der Waals surface area contributed by atoms with Crippen molar-refractivity contribution in [3.8, 4) is 6.07 Å². The van der Waals surface area contributed by atoms with E-state index in [-0.39, 0.29) is 58.0 Å². The van der Waals surface area contributed by atoms with Crippen molar-refractivity contribution in [2.75, 3.05) is 13.2 Å². The van der Waals surface area contributed by atoms with E-state index in [2.05, 4.69) is 46.8 Å². The van der Waals surface area contributed by atoms with Gasteiger partial charge in [0.15, 0.2) is 5.76 Å². The lowest BCUT2D eigenvalue weighted by atomic mass is 9.34. The van der Waals surface area contributed by atoms with Crippen molar-refractivity contribution >= 4 is 23.8 Å². The quantitative estimate of drug-likeness (QED) is 0.133. The summed E-state index contributed by atoms with van der Waals surface area (Å²) in [7, 11) is 0. The Morgan fingerprint density at radius 1 is 0.940 bits per heavy atom. The van der Waals surface area contributed by atoms with E-state index in [0.717, 1.165) is 67.2 Å². The summed E-state index contributed by atoms with van der Waals surface area (Å²) in [6, 6.07) is 9.44. The number of carbonyl (C=O) groups excluding carboxylic acids is 3. The molecule has 264 valence electrons. The molecule has 0 radical (unpaired) electrons. The number of nitriles is 1. The minimum atomic E-state index is -0.689. The molecule has 7 heteroatoms. The summed E-state index contributed by atoms with van der Waals surface area (Å²) in [6.45, 7) is 15.6. The summed E-state index contributed by atoms with van der Waals surface area (Å²) in [5, 5.41) is 19.9. The highest BCUT2D eigenvalue weighted by Crippen LogP contribution is 2.75. The van der Waals surface area contributed by atoms with Crippen molar-refractivity contribution in [1.82, 2.24) is 0 Å². The predicted molar refractivity (Wildman–Crippen MR) is 192 cm³/mol. The second-order valence-electron chi connectivity index (χ2n) is 16.8. The van der Waals surface area contributed by atoms with Gasteiger partial charge in [0.25, 0.3) is 0 Å². The van der Waals surface area contributed by atoms with Crippen molar-refractivity contribution in [2.45, 2.75) is 99.8 Å². The fourth-order valence-corrected chi connectivity index (χ4v) is 10.2. The molecule has 0 amide bonds. The van der Waals surface area contributed by atoms with E-state index >= 15 is 0 Å². The molecule has 5 aliphatic carbocycles. The average Bonchev–Trinajstić information content (AvgIpc) is 3.09. The Balaban J connectivity index is 1.13. The van der Waals surface area contributed by atoms with Gasteiger partial charge in [0.1, 0.15) is 11.6 Å². The van der Waals surface area contributed by atoms with Crippen molar-refractivity contribution in [3.63, 3.8) is 0 Å². The standard InChI is InChI=1S/C43H51NO6/c1-27-9-11-29(12-10-27)23-30(26-44)37(47)49-21-8-22-50-38(48)40(4)16-15-39(3)17-19-42(6)34-14-13-31-28(2)36(46)33(45)24-32(31)41(34,5)18-20-43(42,7)35(39)25-40/h9-14,23-24,35,46H,8,15-22,25H2,1-7H3/b30-23+/t35-,39-,40-,41+,42-,43+/m1/s1. The lowest BCUT2D eigenvalue weighted by molar-refractivity contribution is -0.182. The molecule has 0 bridgehead atoms. The molecule has 1 aromatic rings. The molecule has 3 saturated carbocycles. The molecule has 0 unspecified atom stereocenters. The van der Waals surface area contributed by atoms with Crippen molar-refractivity contribution < 1.29 is 29.0 Å². The summed E-state index contributed by atoms with van der Waals surface area (Å²) < 4.78 is 11.2. The van der Waals surface area contributed by atoms with Crippen LogP contribution in [0, 0.1) is 51.2 Å². The number of aliphatic hydroxyl groups is 1. The Hall–Kier alpha value is -4.18. The van der Waals surface area contributed by atoms with Crippen LogP contribution in [0.25, 0.3) is 6.08 Å². The fourth-order valence-electron chi connectivity index (χ4n) is 10.2. The van der Waals surface area contributed by atoms with E-state index in [1.807, 2.05) is 44.2 Å². The number of allylic oxidation sites excluding steroid dienone is 7. The van der Waals surface area contributed by atoms with Gasteiger partial charge in [-0.3, -0.25) is 9.59 Å². The zero-order valence-electron chi connectivity index (χ0n) is 30.7. The maximum absolute atomic E-state index is 13.8. The lowest BCUT2D eigenvalue weighted by Crippen LogP contribution is -2.62. The highest BCUT2D eigenvalue weighted by molar-refractivity contribution is 6.06. The SMILES string of the molecule is CC1=C(O)C(=O)C=C2C1=CC=C1[C@@]2(C)CC[C@@]2(C)[C@@H]3C[C@](C)(C(=O)OCCCOC(=O)/C(C#N)=C/c4ccc(C)cc4)CC[C@]3(C)CC[C@]12C. The summed E-state index contributed by atoms with van der Waals surface area (Å²) in [4.78, 5) is 39.1. The molecule has 50 heavy (non-hydrogen) atoms. The maximum Gasteiger partial charge on any atom is 0.348 e. The number of benzene rings is 1. The number of carbonyl (C=O) groups is 3. The van der Waals surface area contributed by atoms with E-state index in [9.17, 15) is 24.8 Å². The third kappa shape index (κ3) is 5.60. The van der Waals surface area contributed by atoms with E-state index in [0.29, 0.717) is 17.9 Å². The Bertz CT molecular complexity index is 1840. The largest absolute Gasteiger partial charge is 0.504 e. The molecule has 7 nitrogen and oxygen atoms in total. The van der Waals surface area contributed by atoms with Gasteiger partial charge in [-0.2, -0.15) is 5.26 Å². The molecule has 1 N–H and O–H groups in total. The van der Waals surface area contributed by atoms with Crippen LogP contribution in [0.15, 0.2) is 76.1 Å². The lowest BCUT2D eigenvalue weighted by Gasteiger charge is -2.70. The number of ketones is 1. The first kappa shape index (κ1) is 35.6. The van der Waals surface area contributed by atoms with Gasteiger partial charge < -0.3 is 14.6 Å². The fraction of sp³-hybridized carbons (Fsp3) is 0.535. The van der Waals surface area contributed by atoms with Crippen LogP contribution in [-0.4, -0.2) is 36.0 Å². The monoisotopic (exact) mass is 677 g/mol. The highest BCUT2D eigenvalue weighted by Gasteiger charge is 2.67. The number of rotatable bonds is 7. The summed E-state index contributed by atoms with van der Waals surface area (Å²) in [6.07, 6.45) is 14.4. The van der Waals surface area contributed by atoms with Crippen LogP contribution in [0.2, 0.25) is 0 Å². The van der Waals surface area contributed by atoms with Crippen LogP contribution in [0.5, 0.6) is 0 Å². The summed E-state index contributed by atoms with van der Waals surface area (Å²) in [5.41, 5.74) is 4.77. The van der Waals surface area contributed by atoms with Gasteiger partial charge >= 0.3 is 11.9 Å². The molecular weight excluding hydrogens is 626 g/mol. The van der Waals surface area contributed by atoms with Crippen LogP contribution in [0.3, 0.4) is 0 Å². The second-order valence-corrected chi connectivity index (χ2v) is 16.8. The molecule has 0 aromatic heterocycles. The molecule has 5 aliphatic rings. The molecule has 3 fully saturated rings. The highest BCUT2D eigenvalue weighted by atomic mass is 16.5. The van der Waals surface area contributed by atoms with E-state index in [4.69, 9.17) is 9.47 Å². The minimum Gasteiger partial charge on any atom is -0.504 e. The van der Waals surface area contributed by atoms with Gasteiger partial charge in [0.05, 0.1) is 18.6 Å². The summed E-state index contributed by atoms with van der Waals surface area (Å²) in [5.74, 6) is -1.06. The number of nitrogens with zero attached hydrogens (tertiary/aromatic N) is 1. The molecule has 1 aromatic carbocycles. The zero-order chi connectivity index (χ0) is 36.3. The number of aliphatic hydroxyl groups excluding tert-OH is 1. The van der Waals surface area contributed by atoms with Crippen LogP contribution in [0.1, 0.15) is 104 Å². The third-order valence-corrected chi connectivity index (χ3v) is 13.8. The van der Waals surface area contributed by atoms with Gasteiger partial charge in [0.2, 0.25) is 5.78 Å². The van der Waals surface area contributed by atoms with Crippen LogP contribution in [0.4, 0.5) is 0 Å². The Labute approximate surface area is 296 Å². The Morgan fingerprint density at radius 2 is 1.62 bits per heavy atom. The first-order valence-electron chi connectivity index (χ1n) is 18.1. The molecule has 0 saturated heterocycles. The zero-order valence-corrected chi connectivity index (χ0v) is 30.7. The Morgan fingerprint density at radius 3 is 2.32 bits per heavy atom. The van der Waals surface area contributed by atoms with Crippen molar-refractivity contribution in [1.29, 1.82) is 5.26 Å². The predicted octanol–water partition coefficient (Wildman–Crippen LogP) is 9.01. The summed E-state index contributed by atoms with van der Waals surface area (Å²) >= 11 is 0. The van der Waals surface area contributed by atoms with Crippen LogP contribution >= 0.6 is 0 Å². The number of ether oxygens (including phenoxy) is 2. The number of aryl methyl sites for hydroxylation is 1. The normalized spacial score (nSPS) is 34.8. The molecule has 0 aliphatic heterocycles. The number of esters is 2. The number of hydrogen-bond acceptors (Lipinski definition) is 7. The third-order valence-electron chi connectivity index (χ3n) is 13.8. The second kappa shape index (κ2) is 12.5. The van der Waals surface area contributed by atoms with Gasteiger partial charge in [-0.25, -0.2) is 4.79 Å². The van der Waals surface area contributed by atoms with E-state index in [1.165, 1.54) is 11.6 Å². The average molecular weight is 678 g/mol. The topological polar surface area (TPSA) is 114 Å². The van der Waals surface area contributed by atoms with E-state index in [1.54, 1.807) is 6.08 Å². The van der Waals surface area contributed by atoms with Gasteiger partial charge in [-0.05, 0) is 117 Å². The van der Waals surface area contributed by atoms with Crippen molar-refractivity contribution in [2.24, 2.45) is 33.0 Å². The van der Waals surface area contributed by atoms with E-state index < -0.39 is 11.4 Å². The number of fused-ring (bicyclic) bond motifs is 7. The molecule has 6 atom stereocenters. The van der Waals surface area contributed by atoms with Gasteiger partial charge in [0, 0.05) is 17.4 Å². The minimum absolute atomic E-state index is 0.0495. The molecule has 6 rings (SSSR count). The molecule has 0 spiro atoms. The smallest absolute Gasteiger partial charge is 0.348 e. The first-order chi connectivity index (χ1) is 23.5. The number of hydrogen-bond donors (Lipinski definition) is 1. The van der Waals surface area contributed by atoms with Gasteiger partial charge in [-0.1, -0.05) is 75.2 Å². The first-order valence-corrected chi connectivity index (χ1v) is 18.1. The van der Waals surface area contributed by atoms with Crippen LogP contribution in [-0.2, 0) is 23.9 Å². The maximum atomic E-state index is 13.8.